The molecule has 0 spiro atoms. The van der Waals surface area contributed by atoms with E-state index in [0.717, 1.165) is 0 Å². The fourth-order valence-electron chi connectivity index (χ4n) is 1.69. The summed E-state index contributed by atoms with van der Waals surface area (Å²) in [6.07, 6.45) is -4.77. The van der Waals surface area contributed by atoms with Crippen LogP contribution < -0.4 is 0 Å². The number of hydrogen-bond donors (Lipinski definition) is 1. The maximum atomic E-state index is 13.8. The summed E-state index contributed by atoms with van der Waals surface area (Å²) in [5.41, 5.74) is -3.35. The predicted molar refractivity (Wildman–Crippen MR) is 66.6 cm³/mol. The van der Waals surface area contributed by atoms with Crippen LogP contribution in [0.1, 0.15) is 16.1 Å². The molecule has 0 radical (unpaired) electrons. The lowest BCUT2D eigenvalue weighted by Crippen LogP contribution is -2.07. The smallest absolute Gasteiger partial charge is 0.416 e. The third-order valence-electron chi connectivity index (χ3n) is 2.68. The molecule has 2 aromatic rings. The van der Waals surface area contributed by atoms with E-state index >= 15 is 0 Å². The number of nitrogens with zero attached hydrogens (tertiary/aromatic N) is 1. The Bertz CT molecular complexity index is 761. The monoisotopic (exact) mass is 337 g/mol. The van der Waals surface area contributed by atoms with Gasteiger partial charge in [-0.15, -0.1) is 0 Å². The molecule has 116 valence electrons. The highest BCUT2D eigenvalue weighted by Gasteiger charge is 2.31. The first-order chi connectivity index (χ1) is 10.1. The summed E-state index contributed by atoms with van der Waals surface area (Å²) in [6.45, 7) is 0. The minimum Gasteiger partial charge on any atom is -0.476 e. The van der Waals surface area contributed by atoms with Crippen molar-refractivity contribution in [3.05, 3.63) is 52.2 Å². The van der Waals surface area contributed by atoms with Crippen LogP contribution in [0.15, 0.2) is 24.3 Å². The van der Waals surface area contributed by atoms with Crippen LogP contribution in [0.2, 0.25) is 5.02 Å². The Morgan fingerprint density at radius 2 is 1.77 bits per heavy atom. The molecule has 0 fully saturated rings. The number of alkyl halides is 3. The number of halogens is 6. The van der Waals surface area contributed by atoms with E-state index in [4.69, 9.17) is 16.7 Å². The zero-order valence-electron chi connectivity index (χ0n) is 10.4. The highest BCUT2D eigenvalue weighted by molar-refractivity contribution is 6.33. The lowest BCUT2D eigenvalue weighted by Gasteiger charge is -2.10. The average molecular weight is 338 g/mol. The number of carboxylic acids is 1. The van der Waals surface area contributed by atoms with Gasteiger partial charge < -0.3 is 5.11 Å². The lowest BCUT2D eigenvalue weighted by molar-refractivity contribution is -0.137. The topological polar surface area (TPSA) is 50.2 Å². The fourth-order valence-corrected chi connectivity index (χ4v) is 1.91. The fraction of sp³-hybridized carbons (Fsp3) is 0.0769. The second-order valence-corrected chi connectivity index (χ2v) is 4.55. The number of aromatic carboxylic acids is 1. The van der Waals surface area contributed by atoms with Crippen molar-refractivity contribution in [1.29, 1.82) is 0 Å². The van der Waals surface area contributed by atoms with Crippen LogP contribution >= 0.6 is 11.6 Å². The Morgan fingerprint density at radius 3 is 2.27 bits per heavy atom. The van der Waals surface area contributed by atoms with Crippen molar-refractivity contribution in [2.24, 2.45) is 0 Å². The van der Waals surface area contributed by atoms with Crippen LogP contribution in [0.25, 0.3) is 11.3 Å². The largest absolute Gasteiger partial charge is 0.476 e. The molecule has 22 heavy (non-hydrogen) atoms. The van der Waals surface area contributed by atoms with Gasteiger partial charge in [-0.1, -0.05) is 11.6 Å². The molecule has 3 nitrogen and oxygen atoms in total. The molecule has 0 atom stereocenters. The van der Waals surface area contributed by atoms with Crippen molar-refractivity contribution in [2.45, 2.75) is 6.18 Å². The van der Waals surface area contributed by atoms with Crippen LogP contribution in [0.5, 0.6) is 0 Å². The van der Waals surface area contributed by atoms with Crippen LogP contribution in [0.4, 0.5) is 22.0 Å². The van der Waals surface area contributed by atoms with Gasteiger partial charge in [0, 0.05) is 5.56 Å². The first kappa shape index (κ1) is 16.2. The average Bonchev–Trinajstić information content (AvgIpc) is 2.38. The summed E-state index contributed by atoms with van der Waals surface area (Å²) in [4.78, 5) is 14.2. The van der Waals surface area contributed by atoms with Gasteiger partial charge in [-0.3, -0.25) is 0 Å². The summed E-state index contributed by atoms with van der Waals surface area (Å²) in [5, 5.41) is 8.32. The number of hydrogen-bond acceptors (Lipinski definition) is 2. The molecule has 0 saturated carbocycles. The lowest BCUT2D eigenvalue weighted by atomic mass is 10.1. The highest BCUT2D eigenvalue weighted by atomic mass is 35.5. The van der Waals surface area contributed by atoms with Crippen LogP contribution in [0, 0.1) is 11.6 Å². The molecular formula is C13H5ClF5NO2. The van der Waals surface area contributed by atoms with Crippen molar-refractivity contribution in [3.8, 4) is 11.3 Å². The molecular weight excluding hydrogens is 333 g/mol. The number of carbonyl (C=O) groups is 1. The SMILES string of the molecule is O=C(O)c1nc(-c2ccc(C(F)(F)F)cc2F)c(F)cc1Cl. The maximum Gasteiger partial charge on any atom is 0.416 e. The van der Waals surface area contributed by atoms with E-state index in [0.29, 0.717) is 18.2 Å². The number of benzene rings is 1. The quantitative estimate of drug-likeness (QED) is 0.826. The Morgan fingerprint density at radius 1 is 1.14 bits per heavy atom. The molecule has 1 aromatic heterocycles. The molecule has 9 heteroatoms. The van der Waals surface area contributed by atoms with E-state index in [-0.39, 0.29) is 6.07 Å². The van der Waals surface area contributed by atoms with E-state index in [9.17, 15) is 26.7 Å². The van der Waals surface area contributed by atoms with Gasteiger partial charge in [0.15, 0.2) is 11.5 Å². The van der Waals surface area contributed by atoms with Crippen LogP contribution in [-0.4, -0.2) is 16.1 Å². The predicted octanol–water partition coefficient (Wildman–Crippen LogP) is 4.40. The van der Waals surface area contributed by atoms with Crippen molar-refractivity contribution < 1.29 is 31.9 Å². The molecule has 0 aliphatic rings. The molecule has 1 N–H and O–H groups in total. The minimum absolute atomic E-state index is 0.172. The van der Waals surface area contributed by atoms with Crippen molar-refractivity contribution >= 4 is 17.6 Å². The Labute approximate surface area is 125 Å². The molecule has 0 unspecified atom stereocenters. The molecule has 0 aliphatic heterocycles. The Kier molecular flexibility index (Phi) is 4.06. The first-order valence-electron chi connectivity index (χ1n) is 5.57. The molecule has 1 aromatic carbocycles. The maximum absolute atomic E-state index is 13.8. The van der Waals surface area contributed by atoms with Gasteiger partial charge in [0.1, 0.15) is 11.5 Å². The summed E-state index contributed by atoms with van der Waals surface area (Å²) in [6, 6.07) is 1.98. The van der Waals surface area contributed by atoms with Crippen LogP contribution in [0.3, 0.4) is 0 Å². The van der Waals surface area contributed by atoms with Gasteiger partial charge in [0.05, 0.1) is 10.6 Å². The second kappa shape index (κ2) is 5.53. The zero-order chi connectivity index (χ0) is 16.7. The van der Waals surface area contributed by atoms with Gasteiger partial charge in [-0.05, 0) is 24.3 Å². The van der Waals surface area contributed by atoms with Crippen molar-refractivity contribution in [2.75, 3.05) is 0 Å². The molecule has 0 saturated heterocycles. The summed E-state index contributed by atoms with van der Waals surface area (Å²) in [5.74, 6) is -4.13. The van der Waals surface area contributed by atoms with Gasteiger partial charge in [0.25, 0.3) is 0 Å². The van der Waals surface area contributed by atoms with Crippen molar-refractivity contribution in [3.63, 3.8) is 0 Å². The number of rotatable bonds is 2. The minimum atomic E-state index is -4.77. The van der Waals surface area contributed by atoms with E-state index in [1.807, 2.05) is 0 Å². The molecule has 0 aliphatic carbocycles. The summed E-state index contributed by atoms with van der Waals surface area (Å²) in [7, 11) is 0. The van der Waals surface area contributed by atoms with Crippen LogP contribution in [-0.2, 0) is 6.18 Å². The molecule has 0 bridgehead atoms. The van der Waals surface area contributed by atoms with E-state index in [2.05, 4.69) is 4.98 Å². The molecule has 1 heterocycles. The number of pyridine rings is 1. The number of carboxylic acid groups (broad SMARTS) is 1. The Hall–Kier alpha value is -2.22. The second-order valence-electron chi connectivity index (χ2n) is 4.15. The standard InChI is InChI=1S/C13H5ClF5NO2/c14-7-4-9(16)10(20-11(7)12(21)22)6-2-1-5(3-8(6)15)13(17,18)19/h1-4H,(H,21,22). The zero-order valence-corrected chi connectivity index (χ0v) is 11.1. The summed E-state index contributed by atoms with van der Waals surface area (Å²) >= 11 is 5.48. The van der Waals surface area contributed by atoms with E-state index in [1.165, 1.54) is 0 Å². The van der Waals surface area contributed by atoms with Gasteiger partial charge >= 0.3 is 12.1 Å². The number of aromatic nitrogens is 1. The van der Waals surface area contributed by atoms with Crippen molar-refractivity contribution in [1.82, 2.24) is 4.98 Å². The van der Waals surface area contributed by atoms with E-state index in [1.54, 1.807) is 0 Å². The third kappa shape index (κ3) is 3.01. The highest BCUT2D eigenvalue weighted by Crippen LogP contribution is 2.33. The normalized spacial score (nSPS) is 11.5. The van der Waals surface area contributed by atoms with Gasteiger partial charge in [0.2, 0.25) is 0 Å². The summed E-state index contributed by atoms with van der Waals surface area (Å²) < 4.78 is 64.9. The van der Waals surface area contributed by atoms with E-state index < -0.39 is 51.3 Å². The first-order valence-corrected chi connectivity index (χ1v) is 5.95. The Balaban J connectivity index is 2.62. The van der Waals surface area contributed by atoms with Gasteiger partial charge in [-0.25, -0.2) is 18.6 Å². The third-order valence-corrected chi connectivity index (χ3v) is 2.97. The molecule has 0 amide bonds. The van der Waals surface area contributed by atoms with Gasteiger partial charge in [-0.2, -0.15) is 13.2 Å². The molecule has 2 rings (SSSR count).